The molecule has 0 aromatic carbocycles. The summed E-state index contributed by atoms with van der Waals surface area (Å²) in [5.41, 5.74) is 5.85. The quantitative estimate of drug-likeness (QED) is 0.706. The molecule has 2 aliphatic heterocycles. The number of amides is 2. The molecule has 2 aliphatic rings. The third-order valence-electron chi connectivity index (χ3n) is 3.51. The minimum atomic E-state index is 0.0404. The lowest BCUT2D eigenvalue weighted by Gasteiger charge is -2.20. The van der Waals surface area contributed by atoms with Gasteiger partial charge < -0.3 is 20.7 Å². The summed E-state index contributed by atoms with van der Waals surface area (Å²) in [7, 11) is 0. The van der Waals surface area contributed by atoms with Gasteiger partial charge in [0, 0.05) is 25.7 Å². The van der Waals surface area contributed by atoms with Gasteiger partial charge in [-0.1, -0.05) is 0 Å². The summed E-state index contributed by atoms with van der Waals surface area (Å²) in [6, 6.07) is 0.410. The monoisotopic (exact) mass is 227 g/mol. The average molecular weight is 227 g/mol. The highest BCUT2D eigenvalue weighted by Gasteiger charge is 2.29. The molecule has 0 aromatic heterocycles. The van der Waals surface area contributed by atoms with Gasteiger partial charge in [0.25, 0.3) is 0 Å². The number of nitrogens with two attached hydrogens (primary N) is 1. The van der Waals surface area contributed by atoms with E-state index in [0.29, 0.717) is 12.5 Å². The van der Waals surface area contributed by atoms with Gasteiger partial charge in [0.1, 0.15) is 0 Å². The van der Waals surface area contributed by atoms with E-state index in [1.165, 1.54) is 0 Å². The molecule has 5 nitrogen and oxygen atoms in total. The van der Waals surface area contributed by atoms with Gasteiger partial charge in [0.2, 0.25) is 0 Å². The highest BCUT2D eigenvalue weighted by atomic mass is 16.5. The van der Waals surface area contributed by atoms with E-state index in [4.69, 9.17) is 10.5 Å². The minimum Gasteiger partial charge on any atom is -0.379 e. The second kappa shape index (κ2) is 5.01. The van der Waals surface area contributed by atoms with E-state index >= 15 is 0 Å². The van der Waals surface area contributed by atoms with Crippen molar-refractivity contribution >= 4 is 6.03 Å². The molecule has 0 spiro atoms. The lowest BCUT2D eigenvalue weighted by Crippen LogP contribution is -2.44. The first-order valence-corrected chi connectivity index (χ1v) is 6.05. The molecule has 2 fully saturated rings. The first kappa shape index (κ1) is 11.7. The van der Waals surface area contributed by atoms with Crippen LogP contribution in [0.1, 0.15) is 19.8 Å². The molecule has 2 amide bonds. The summed E-state index contributed by atoms with van der Waals surface area (Å²) in [5, 5.41) is 3.00. The van der Waals surface area contributed by atoms with Crippen LogP contribution in [0.2, 0.25) is 0 Å². The Morgan fingerprint density at radius 2 is 2.38 bits per heavy atom. The predicted molar refractivity (Wildman–Crippen MR) is 61.1 cm³/mol. The molecular weight excluding hydrogens is 206 g/mol. The Hall–Kier alpha value is -0.810. The molecule has 0 radical (unpaired) electrons. The van der Waals surface area contributed by atoms with Crippen molar-refractivity contribution in [3.8, 4) is 0 Å². The van der Waals surface area contributed by atoms with Crippen molar-refractivity contribution in [2.75, 3.05) is 26.3 Å². The molecular formula is C11H21N3O2. The third-order valence-corrected chi connectivity index (χ3v) is 3.51. The maximum absolute atomic E-state index is 11.9. The van der Waals surface area contributed by atoms with Crippen molar-refractivity contribution in [3.63, 3.8) is 0 Å². The fourth-order valence-corrected chi connectivity index (χ4v) is 2.32. The van der Waals surface area contributed by atoms with Crippen LogP contribution in [0.3, 0.4) is 0 Å². The normalized spacial score (nSPS) is 31.8. The zero-order valence-electron chi connectivity index (χ0n) is 9.82. The fourth-order valence-electron chi connectivity index (χ4n) is 2.32. The summed E-state index contributed by atoms with van der Waals surface area (Å²) >= 11 is 0. The van der Waals surface area contributed by atoms with Crippen LogP contribution < -0.4 is 11.1 Å². The van der Waals surface area contributed by atoms with E-state index in [2.05, 4.69) is 5.32 Å². The minimum absolute atomic E-state index is 0.0404. The summed E-state index contributed by atoms with van der Waals surface area (Å²) < 4.78 is 5.23. The van der Waals surface area contributed by atoms with E-state index in [1.807, 2.05) is 11.8 Å². The molecule has 16 heavy (non-hydrogen) atoms. The second-order valence-electron chi connectivity index (χ2n) is 4.86. The van der Waals surface area contributed by atoms with Gasteiger partial charge in [-0.25, -0.2) is 4.79 Å². The molecule has 2 saturated heterocycles. The number of hydrogen-bond donors (Lipinski definition) is 2. The fraction of sp³-hybridized carbons (Fsp3) is 0.909. The largest absolute Gasteiger partial charge is 0.379 e. The van der Waals surface area contributed by atoms with Gasteiger partial charge in [0.05, 0.1) is 12.6 Å². The maximum atomic E-state index is 11.9. The van der Waals surface area contributed by atoms with Crippen LogP contribution in [0.15, 0.2) is 0 Å². The van der Waals surface area contributed by atoms with Crippen LogP contribution >= 0.6 is 0 Å². The Labute approximate surface area is 96.3 Å². The zero-order chi connectivity index (χ0) is 11.5. The van der Waals surface area contributed by atoms with Crippen molar-refractivity contribution in [1.82, 2.24) is 10.2 Å². The van der Waals surface area contributed by atoms with Gasteiger partial charge in [-0.3, -0.25) is 0 Å². The molecule has 0 aromatic rings. The van der Waals surface area contributed by atoms with E-state index in [-0.39, 0.29) is 18.1 Å². The van der Waals surface area contributed by atoms with Crippen LogP contribution in [0.4, 0.5) is 4.79 Å². The number of nitrogens with zero attached hydrogens (tertiary/aromatic N) is 1. The van der Waals surface area contributed by atoms with Crippen LogP contribution in [0.5, 0.6) is 0 Å². The molecule has 3 unspecified atom stereocenters. The molecule has 2 heterocycles. The van der Waals surface area contributed by atoms with E-state index in [0.717, 1.165) is 32.5 Å². The molecule has 92 valence electrons. The van der Waals surface area contributed by atoms with E-state index < -0.39 is 0 Å². The predicted octanol–water partition coefficient (Wildman–Crippen LogP) is 0.154. The van der Waals surface area contributed by atoms with E-state index in [9.17, 15) is 4.79 Å². The topological polar surface area (TPSA) is 67.6 Å². The van der Waals surface area contributed by atoms with Gasteiger partial charge in [-0.05, 0) is 25.7 Å². The van der Waals surface area contributed by atoms with Crippen molar-refractivity contribution in [1.29, 1.82) is 0 Å². The van der Waals surface area contributed by atoms with Gasteiger partial charge in [0.15, 0.2) is 0 Å². The van der Waals surface area contributed by atoms with Crippen LogP contribution in [0.25, 0.3) is 0 Å². The van der Waals surface area contributed by atoms with Gasteiger partial charge in [-0.15, -0.1) is 0 Å². The Bertz CT molecular complexity index is 252. The van der Waals surface area contributed by atoms with Crippen molar-refractivity contribution < 1.29 is 9.53 Å². The number of rotatable bonds is 2. The molecule has 0 aliphatic carbocycles. The van der Waals surface area contributed by atoms with Crippen molar-refractivity contribution in [3.05, 3.63) is 0 Å². The highest BCUT2D eigenvalue weighted by Crippen LogP contribution is 2.18. The van der Waals surface area contributed by atoms with Crippen molar-refractivity contribution in [2.24, 2.45) is 11.7 Å². The smallest absolute Gasteiger partial charge is 0.317 e. The molecule has 0 bridgehead atoms. The molecule has 2 rings (SSSR count). The maximum Gasteiger partial charge on any atom is 0.317 e. The van der Waals surface area contributed by atoms with Gasteiger partial charge >= 0.3 is 6.03 Å². The Morgan fingerprint density at radius 3 is 2.94 bits per heavy atom. The first-order chi connectivity index (χ1) is 7.66. The highest BCUT2D eigenvalue weighted by molar-refractivity contribution is 5.74. The second-order valence-corrected chi connectivity index (χ2v) is 4.86. The first-order valence-electron chi connectivity index (χ1n) is 6.05. The van der Waals surface area contributed by atoms with Gasteiger partial charge in [-0.2, -0.15) is 0 Å². The summed E-state index contributed by atoms with van der Waals surface area (Å²) in [6.07, 6.45) is 1.95. The van der Waals surface area contributed by atoms with Crippen molar-refractivity contribution in [2.45, 2.75) is 31.8 Å². The molecule has 0 saturated carbocycles. The number of ether oxygens (including phenoxy) is 1. The SMILES string of the molecule is CC(N)C1CCN(C(=O)NC2CCOC2)C1. The zero-order valence-corrected chi connectivity index (χ0v) is 9.82. The Morgan fingerprint density at radius 1 is 1.56 bits per heavy atom. The van der Waals surface area contributed by atoms with Crippen LogP contribution in [0, 0.1) is 5.92 Å². The van der Waals surface area contributed by atoms with Crippen LogP contribution in [-0.4, -0.2) is 49.3 Å². The number of carbonyl (C=O) groups is 1. The third kappa shape index (κ3) is 2.65. The molecule has 3 atom stereocenters. The molecule has 3 N–H and O–H groups in total. The number of carbonyl (C=O) groups excluding carboxylic acids is 1. The lowest BCUT2D eigenvalue weighted by molar-refractivity contribution is 0.181. The number of urea groups is 1. The number of nitrogens with one attached hydrogen (secondary N) is 1. The Balaban J connectivity index is 1.77. The number of hydrogen-bond acceptors (Lipinski definition) is 3. The number of likely N-dealkylation sites (tertiary alicyclic amines) is 1. The van der Waals surface area contributed by atoms with E-state index in [1.54, 1.807) is 0 Å². The average Bonchev–Trinajstić information content (AvgIpc) is 2.86. The summed E-state index contributed by atoms with van der Waals surface area (Å²) in [6.45, 7) is 5.03. The Kier molecular flexibility index (Phi) is 3.66. The lowest BCUT2D eigenvalue weighted by atomic mass is 10.0. The van der Waals surface area contributed by atoms with Crippen LogP contribution in [-0.2, 0) is 4.74 Å². The summed E-state index contributed by atoms with van der Waals surface area (Å²) in [4.78, 5) is 13.8. The molecule has 5 heteroatoms. The summed E-state index contributed by atoms with van der Waals surface area (Å²) in [5.74, 6) is 0.450. The standard InChI is InChI=1S/C11H21N3O2/c1-8(12)9-2-4-14(6-9)11(15)13-10-3-5-16-7-10/h8-10H,2-7,12H2,1H3,(H,13,15).